The second-order valence-electron chi connectivity index (χ2n) is 15.1. The fourth-order valence-corrected chi connectivity index (χ4v) is 7.14. The molecule has 0 aliphatic carbocycles. The summed E-state index contributed by atoms with van der Waals surface area (Å²) in [7, 11) is 0. The zero-order valence-electron chi connectivity index (χ0n) is 32.7. The Hall–Kier alpha value is -5.31. The van der Waals surface area contributed by atoms with E-state index in [1.807, 2.05) is 0 Å². The Morgan fingerprint density at radius 2 is 1.25 bits per heavy atom. The molecule has 0 spiro atoms. The summed E-state index contributed by atoms with van der Waals surface area (Å²) in [4.78, 5) is 12.4. The molecule has 15 atom stereocenters. The van der Waals surface area contributed by atoms with Gasteiger partial charge in [-0.2, -0.15) is 0 Å². The molecule has 0 radical (unpaired) electrons. The second-order valence-corrected chi connectivity index (χ2v) is 15.1. The van der Waals surface area contributed by atoms with Crippen molar-refractivity contribution in [1.82, 2.24) is 0 Å². The van der Waals surface area contributed by atoms with Gasteiger partial charge in [0.25, 0.3) is 0 Å². The summed E-state index contributed by atoms with van der Waals surface area (Å²) in [5.74, 6) is -2.95. The Morgan fingerprint density at radius 3 is 1.95 bits per heavy atom. The maximum absolute atomic E-state index is 12.4. The highest BCUT2D eigenvalue weighted by atomic mass is 16.7. The zero-order chi connectivity index (χ0) is 45.3. The maximum atomic E-state index is 12.4. The minimum Gasteiger partial charge on any atom is -0.508 e. The third-order valence-electron chi connectivity index (χ3n) is 10.7. The molecule has 0 aromatic heterocycles. The van der Waals surface area contributed by atoms with Gasteiger partial charge < -0.3 is 104 Å². The van der Waals surface area contributed by atoms with E-state index in [-0.39, 0.29) is 34.1 Å². The highest BCUT2D eigenvalue weighted by Gasteiger charge is 2.51. The molecule has 0 amide bonds. The molecule has 4 aliphatic rings. The van der Waals surface area contributed by atoms with Crippen molar-refractivity contribution in [2.24, 2.45) is 0 Å². The molecule has 22 nitrogen and oxygen atoms in total. The molecule has 0 saturated carbocycles. The molecule has 4 aliphatic heterocycles. The monoisotopic (exact) mass is 890 g/mol. The van der Waals surface area contributed by atoms with Crippen LogP contribution in [0.3, 0.4) is 0 Å². The van der Waals surface area contributed by atoms with Crippen molar-refractivity contribution >= 4 is 18.1 Å². The lowest BCUT2D eigenvalue weighted by molar-refractivity contribution is -0.333. The van der Waals surface area contributed by atoms with Crippen LogP contribution < -0.4 is 4.74 Å². The van der Waals surface area contributed by atoms with Crippen LogP contribution >= 0.6 is 0 Å². The van der Waals surface area contributed by atoms with Gasteiger partial charge in [-0.05, 0) is 42.0 Å². The van der Waals surface area contributed by atoms with Crippen LogP contribution in [0.5, 0.6) is 34.5 Å². The van der Waals surface area contributed by atoms with Crippen molar-refractivity contribution < 1.29 is 109 Å². The van der Waals surface area contributed by atoms with E-state index in [0.717, 1.165) is 24.3 Å². The first-order valence-corrected chi connectivity index (χ1v) is 19.4. The SMILES string of the molecule is O=C(/C=C/c1ccc(O)cc1)OC[C@H]1O[C@@H](OC[C@H]2O[C@@H](OC3=Cc4c(O)cc(O)cc4OC3c3ccc(O)c(O)c3)[C@H](OCC3O[C@@H](O)[C@H](O)[C@H]3O)[C@@H](O)[C@H]2O)[C@H](O)[C@@H](O)[C@@H]1O. The molecular formula is C41H46O22. The van der Waals surface area contributed by atoms with Crippen LogP contribution in [0.1, 0.15) is 22.8 Å². The number of fused-ring (bicyclic) bond motifs is 1. The van der Waals surface area contributed by atoms with Gasteiger partial charge in [0.1, 0.15) is 103 Å². The minimum atomic E-state index is -1.93. The lowest BCUT2D eigenvalue weighted by Gasteiger charge is -2.44. The number of hydrogen-bond acceptors (Lipinski definition) is 22. The van der Waals surface area contributed by atoms with Crippen LogP contribution in [-0.2, 0) is 38.0 Å². The van der Waals surface area contributed by atoms with Crippen LogP contribution in [0.15, 0.2) is 66.4 Å². The van der Waals surface area contributed by atoms with Gasteiger partial charge in [0.15, 0.2) is 30.2 Å². The molecule has 22 heteroatoms. The summed E-state index contributed by atoms with van der Waals surface area (Å²) >= 11 is 0. The summed E-state index contributed by atoms with van der Waals surface area (Å²) in [6.07, 6.45) is -21.7. The van der Waals surface area contributed by atoms with Crippen molar-refractivity contribution in [3.63, 3.8) is 0 Å². The first-order valence-electron chi connectivity index (χ1n) is 19.4. The Kier molecular flexibility index (Phi) is 13.9. The van der Waals surface area contributed by atoms with Gasteiger partial charge in [-0.1, -0.05) is 18.2 Å². The standard InChI is InChI=1S/C41H46O22/c42-18-5-1-16(2-6-18)3-8-29(47)56-13-27-30(48)33(51)36(54)40(62-27)58-15-28-31(49)34(52)38(57-14-26-32(50)35(53)39(55)60-26)41(63-28)61-25-12-20-22(45)10-19(43)11-24(20)59-37(25)17-4-7-21(44)23(46)9-17/h1-12,26-28,30-46,48-55H,13-15H2/b8-3+/t26?,27-,28-,30-,31+,32+,33+,34+,35-,36-,37?,38-,39-,40-,41-/m1/s1. The average Bonchev–Trinajstić information content (AvgIpc) is 3.50. The number of aromatic hydroxyl groups is 5. The van der Waals surface area contributed by atoms with Crippen molar-refractivity contribution in [2.45, 2.75) is 92.1 Å². The van der Waals surface area contributed by atoms with E-state index in [0.29, 0.717) is 5.56 Å². The zero-order valence-corrected chi connectivity index (χ0v) is 32.7. The highest BCUT2D eigenvalue weighted by molar-refractivity contribution is 5.87. The van der Waals surface area contributed by atoms with Crippen molar-refractivity contribution in [2.75, 3.05) is 19.8 Å². The van der Waals surface area contributed by atoms with E-state index in [1.54, 1.807) is 0 Å². The minimum absolute atomic E-state index is 0.000903. The number of benzene rings is 3. The third kappa shape index (κ3) is 10.1. The van der Waals surface area contributed by atoms with Gasteiger partial charge in [0, 0.05) is 23.8 Å². The summed E-state index contributed by atoms with van der Waals surface area (Å²) in [5, 5.41) is 136. The van der Waals surface area contributed by atoms with Crippen LogP contribution in [0.25, 0.3) is 12.2 Å². The Labute approximate surface area is 356 Å². The molecule has 3 saturated heterocycles. The maximum Gasteiger partial charge on any atom is 0.330 e. The number of ether oxygens (including phenoxy) is 8. The molecule has 63 heavy (non-hydrogen) atoms. The van der Waals surface area contributed by atoms with Crippen molar-refractivity contribution in [1.29, 1.82) is 0 Å². The van der Waals surface area contributed by atoms with E-state index in [2.05, 4.69) is 0 Å². The largest absolute Gasteiger partial charge is 0.508 e. The number of rotatable bonds is 13. The number of phenolic OH excluding ortho intramolecular Hbond substituents is 5. The molecule has 13 N–H and O–H groups in total. The quantitative estimate of drug-likeness (QED) is 0.0504. The Bertz CT molecular complexity index is 2130. The summed E-state index contributed by atoms with van der Waals surface area (Å²) in [6.45, 7) is -1.97. The number of aliphatic hydroxyl groups excluding tert-OH is 8. The first-order chi connectivity index (χ1) is 30.0. The number of esters is 1. The number of phenols is 5. The smallest absolute Gasteiger partial charge is 0.330 e. The average molecular weight is 891 g/mol. The lowest BCUT2D eigenvalue weighted by atomic mass is 9.97. The molecule has 4 heterocycles. The Balaban J connectivity index is 1.10. The molecule has 0 bridgehead atoms. The predicted octanol–water partition coefficient (Wildman–Crippen LogP) is -1.94. The van der Waals surface area contributed by atoms with Crippen LogP contribution in [0.4, 0.5) is 0 Å². The van der Waals surface area contributed by atoms with Gasteiger partial charge >= 0.3 is 5.97 Å². The van der Waals surface area contributed by atoms with Crippen molar-refractivity contribution in [3.8, 4) is 34.5 Å². The van der Waals surface area contributed by atoms with E-state index in [4.69, 9.17) is 37.9 Å². The van der Waals surface area contributed by atoms with Gasteiger partial charge in [-0.3, -0.25) is 0 Å². The Morgan fingerprint density at radius 1 is 0.603 bits per heavy atom. The summed E-state index contributed by atoms with van der Waals surface area (Å²) in [5.41, 5.74) is 0.711. The van der Waals surface area contributed by atoms with Crippen LogP contribution in [-0.4, -0.2) is 178 Å². The molecule has 3 aromatic carbocycles. The van der Waals surface area contributed by atoms with Gasteiger partial charge in [-0.25, -0.2) is 4.79 Å². The normalized spacial score (nSPS) is 34.2. The number of aliphatic hydroxyl groups is 8. The lowest BCUT2D eigenvalue weighted by Crippen LogP contribution is -2.62. The van der Waals surface area contributed by atoms with E-state index < -0.39 is 135 Å². The molecule has 3 aromatic rings. The summed E-state index contributed by atoms with van der Waals surface area (Å²) < 4.78 is 45.9. The van der Waals surface area contributed by atoms with E-state index in [1.165, 1.54) is 48.6 Å². The predicted molar refractivity (Wildman–Crippen MR) is 206 cm³/mol. The van der Waals surface area contributed by atoms with Crippen LogP contribution in [0.2, 0.25) is 0 Å². The fraction of sp³-hybridized carbons (Fsp3) is 0.439. The third-order valence-corrected chi connectivity index (χ3v) is 10.7. The van der Waals surface area contributed by atoms with Gasteiger partial charge in [-0.15, -0.1) is 0 Å². The fourth-order valence-electron chi connectivity index (χ4n) is 7.14. The molecule has 7 rings (SSSR count). The van der Waals surface area contributed by atoms with Crippen molar-refractivity contribution in [3.05, 3.63) is 83.1 Å². The first kappa shape index (κ1) is 45.7. The number of carbonyl (C=O) groups is 1. The van der Waals surface area contributed by atoms with Gasteiger partial charge in [0.2, 0.25) is 6.29 Å². The molecular weight excluding hydrogens is 844 g/mol. The highest BCUT2D eigenvalue weighted by Crippen LogP contribution is 2.45. The molecule has 3 fully saturated rings. The number of hydrogen-bond donors (Lipinski definition) is 13. The molecule has 342 valence electrons. The second kappa shape index (κ2) is 19.2. The topological polar surface area (TPSA) is 354 Å². The van der Waals surface area contributed by atoms with Gasteiger partial charge in [0.05, 0.1) is 18.8 Å². The van der Waals surface area contributed by atoms with Crippen LogP contribution in [0, 0.1) is 0 Å². The number of carbonyl (C=O) groups excluding carboxylic acids is 1. The summed E-state index contributed by atoms with van der Waals surface area (Å²) in [6, 6.07) is 11.7. The molecule has 2 unspecified atom stereocenters. The van der Waals surface area contributed by atoms with E-state index >= 15 is 0 Å². The van der Waals surface area contributed by atoms with E-state index in [9.17, 15) is 71.2 Å².